The molecule has 4 rings (SSSR count). The molecule has 2 aromatic carbocycles. The maximum absolute atomic E-state index is 5.45. The molecular weight excluding hydrogens is 382 g/mol. The summed E-state index contributed by atoms with van der Waals surface area (Å²) in [6, 6.07) is 21.0. The second-order valence-corrected chi connectivity index (χ2v) is 7.95. The smallest absolute Gasteiger partial charge is 0.258 e. The summed E-state index contributed by atoms with van der Waals surface area (Å²) in [5, 5.41) is 4.08. The van der Waals surface area contributed by atoms with Crippen LogP contribution in [0.5, 0.6) is 0 Å². The van der Waals surface area contributed by atoms with Crippen molar-refractivity contribution in [2.24, 2.45) is 0 Å². The summed E-state index contributed by atoms with van der Waals surface area (Å²) >= 11 is 0. The van der Waals surface area contributed by atoms with Crippen LogP contribution in [0.4, 0.5) is 0 Å². The molecule has 0 aliphatic carbocycles. The summed E-state index contributed by atoms with van der Waals surface area (Å²) in [7, 11) is 0. The number of nitrogens with zero attached hydrogens (tertiary/aromatic N) is 3. The molecule has 4 heteroatoms. The third-order valence-electron chi connectivity index (χ3n) is 5.60. The van der Waals surface area contributed by atoms with Crippen molar-refractivity contribution >= 4 is 0 Å². The predicted molar refractivity (Wildman–Crippen MR) is 125 cm³/mol. The van der Waals surface area contributed by atoms with Gasteiger partial charge >= 0.3 is 0 Å². The topological polar surface area (TPSA) is 51.8 Å². The van der Waals surface area contributed by atoms with E-state index in [0.717, 1.165) is 11.1 Å². The summed E-state index contributed by atoms with van der Waals surface area (Å²) in [5.74, 6) is 1.09. The molecule has 0 unspecified atom stereocenters. The number of hydrogen-bond donors (Lipinski definition) is 0. The molecule has 0 atom stereocenters. The van der Waals surface area contributed by atoms with Crippen LogP contribution in [0.25, 0.3) is 34.0 Å². The first-order valence-electron chi connectivity index (χ1n) is 11.3. The summed E-state index contributed by atoms with van der Waals surface area (Å²) in [5.41, 5.74) is 5.63. The summed E-state index contributed by atoms with van der Waals surface area (Å²) < 4.78 is 5.45. The van der Waals surface area contributed by atoms with Crippen molar-refractivity contribution in [1.82, 2.24) is 15.1 Å². The Morgan fingerprint density at radius 2 is 1.26 bits per heavy atom. The maximum atomic E-state index is 5.45. The van der Waals surface area contributed by atoms with Crippen molar-refractivity contribution in [2.75, 3.05) is 0 Å². The summed E-state index contributed by atoms with van der Waals surface area (Å²) in [6.45, 7) is 2.26. The molecule has 31 heavy (non-hydrogen) atoms. The third kappa shape index (κ3) is 5.66. The average Bonchev–Trinajstić information content (AvgIpc) is 3.33. The van der Waals surface area contributed by atoms with Crippen LogP contribution in [-0.2, 0) is 6.42 Å². The normalized spacial score (nSPS) is 11.0. The lowest BCUT2D eigenvalue weighted by Gasteiger charge is -2.06. The largest absolute Gasteiger partial charge is 0.334 e. The standard InChI is InChI=1S/C27H29N3O/c1-2-3-4-5-6-7-8-21-9-11-22(12-10-21)23-13-15-25(16-14-23)27-29-26(30-31-27)24-17-19-28-20-18-24/h9-20H,2-8H2,1H3. The van der Waals surface area contributed by atoms with Crippen molar-refractivity contribution in [3.63, 3.8) is 0 Å². The highest BCUT2D eigenvalue weighted by molar-refractivity contribution is 5.68. The summed E-state index contributed by atoms with van der Waals surface area (Å²) in [6.07, 6.45) is 12.6. The Balaban J connectivity index is 1.36. The van der Waals surface area contributed by atoms with Crippen molar-refractivity contribution in [2.45, 2.75) is 51.9 Å². The molecule has 0 amide bonds. The van der Waals surface area contributed by atoms with Gasteiger partial charge in [0, 0.05) is 23.5 Å². The van der Waals surface area contributed by atoms with Crippen molar-refractivity contribution in [3.05, 3.63) is 78.6 Å². The van der Waals surface area contributed by atoms with Crippen LogP contribution in [0.2, 0.25) is 0 Å². The number of aryl methyl sites for hydroxylation is 1. The minimum atomic E-state index is 0.521. The van der Waals surface area contributed by atoms with Gasteiger partial charge in [0.05, 0.1) is 0 Å². The number of pyridine rings is 1. The summed E-state index contributed by atoms with van der Waals surface area (Å²) in [4.78, 5) is 8.53. The van der Waals surface area contributed by atoms with Gasteiger partial charge in [0.15, 0.2) is 0 Å². The van der Waals surface area contributed by atoms with E-state index < -0.39 is 0 Å². The Morgan fingerprint density at radius 3 is 1.97 bits per heavy atom. The van der Waals surface area contributed by atoms with Gasteiger partial charge in [-0.1, -0.05) is 80.6 Å². The first-order valence-corrected chi connectivity index (χ1v) is 11.3. The molecule has 0 N–H and O–H groups in total. The molecule has 0 bridgehead atoms. The lowest BCUT2D eigenvalue weighted by Crippen LogP contribution is -1.87. The van der Waals surface area contributed by atoms with Gasteiger partial charge in [0.1, 0.15) is 0 Å². The number of aromatic nitrogens is 3. The lowest BCUT2D eigenvalue weighted by molar-refractivity contribution is 0.432. The molecule has 2 aromatic heterocycles. The Labute approximate surface area is 184 Å². The fourth-order valence-electron chi connectivity index (χ4n) is 3.74. The van der Waals surface area contributed by atoms with Crippen LogP contribution in [0, 0.1) is 0 Å². The molecule has 0 aliphatic heterocycles. The van der Waals surface area contributed by atoms with E-state index in [1.54, 1.807) is 12.4 Å². The van der Waals surface area contributed by atoms with Crippen molar-refractivity contribution in [3.8, 4) is 34.0 Å². The Kier molecular flexibility index (Phi) is 7.22. The van der Waals surface area contributed by atoms with Gasteiger partial charge in [-0.25, -0.2) is 0 Å². The van der Waals surface area contributed by atoms with Gasteiger partial charge in [-0.15, -0.1) is 0 Å². The molecule has 0 aliphatic rings. The molecule has 0 saturated heterocycles. The van der Waals surface area contributed by atoms with E-state index >= 15 is 0 Å². The number of benzene rings is 2. The highest BCUT2D eigenvalue weighted by atomic mass is 16.5. The molecule has 4 aromatic rings. The fraction of sp³-hybridized carbons (Fsp3) is 0.296. The Bertz CT molecular complexity index is 1050. The molecule has 158 valence electrons. The van der Waals surface area contributed by atoms with Crippen LogP contribution in [-0.4, -0.2) is 15.1 Å². The minimum absolute atomic E-state index is 0.521. The number of hydrogen-bond acceptors (Lipinski definition) is 4. The van der Waals surface area contributed by atoms with E-state index in [2.05, 4.69) is 58.4 Å². The quantitative estimate of drug-likeness (QED) is 0.256. The molecule has 0 spiro atoms. The number of unbranched alkanes of at least 4 members (excludes halogenated alkanes) is 5. The van der Waals surface area contributed by atoms with Crippen molar-refractivity contribution < 1.29 is 4.52 Å². The predicted octanol–water partition coefficient (Wildman–Crippen LogP) is 7.37. The highest BCUT2D eigenvalue weighted by Crippen LogP contribution is 2.26. The van der Waals surface area contributed by atoms with Crippen molar-refractivity contribution in [1.29, 1.82) is 0 Å². The zero-order valence-electron chi connectivity index (χ0n) is 18.1. The average molecular weight is 412 g/mol. The first-order chi connectivity index (χ1) is 15.3. The number of rotatable bonds is 10. The van der Waals surface area contributed by atoms with Gasteiger partial charge in [-0.3, -0.25) is 4.98 Å². The van der Waals surface area contributed by atoms with E-state index in [1.165, 1.54) is 61.6 Å². The van der Waals surface area contributed by atoms with Crippen LogP contribution in [0.15, 0.2) is 77.6 Å². The monoisotopic (exact) mass is 411 g/mol. The fourth-order valence-corrected chi connectivity index (χ4v) is 3.74. The zero-order chi connectivity index (χ0) is 21.3. The van der Waals surface area contributed by atoms with Gasteiger partial charge < -0.3 is 4.52 Å². The van der Waals surface area contributed by atoms with Gasteiger partial charge in [-0.2, -0.15) is 4.98 Å². The van der Waals surface area contributed by atoms with Crippen LogP contribution in [0.1, 0.15) is 51.0 Å². The zero-order valence-corrected chi connectivity index (χ0v) is 18.1. The third-order valence-corrected chi connectivity index (χ3v) is 5.60. The van der Waals surface area contributed by atoms with E-state index in [9.17, 15) is 0 Å². The van der Waals surface area contributed by atoms with Crippen LogP contribution in [0.3, 0.4) is 0 Å². The minimum Gasteiger partial charge on any atom is -0.334 e. The first kappa shape index (κ1) is 21.0. The lowest BCUT2D eigenvalue weighted by atomic mass is 10.00. The Hall–Kier alpha value is -3.27. The second-order valence-electron chi connectivity index (χ2n) is 7.95. The molecular formula is C27H29N3O. The van der Waals surface area contributed by atoms with Crippen LogP contribution < -0.4 is 0 Å². The van der Waals surface area contributed by atoms with E-state index in [1.807, 2.05) is 24.3 Å². The van der Waals surface area contributed by atoms with Gasteiger partial charge in [-0.05, 0) is 53.8 Å². The second kappa shape index (κ2) is 10.7. The van der Waals surface area contributed by atoms with E-state index in [4.69, 9.17) is 4.52 Å². The molecule has 0 radical (unpaired) electrons. The van der Waals surface area contributed by atoms with Gasteiger partial charge in [0.25, 0.3) is 5.89 Å². The van der Waals surface area contributed by atoms with E-state index in [0.29, 0.717) is 11.7 Å². The highest BCUT2D eigenvalue weighted by Gasteiger charge is 2.10. The molecule has 2 heterocycles. The molecule has 4 nitrogen and oxygen atoms in total. The van der Waals surface area contributed by atoms with E-state index in [-0.39, 0.29) is 0 Å². The molecule has 0 saturated carbocycles. The molecule has 0 fully saturated rings. The van der Waals surface area contributed by atoms with Crippen LogP contribution >= 0.6 is 0 Å². The maximum Gasteiger partial charge on any atom is 0.258 e. The Morgan fingerprint density at radius 1 is 0.645 bits per heavy atom. The van der Waals surface area contributed by atoms with Gasteiger partial charge in [0.2, 0.25) is 5.82 Å². The SMILES string of the molecule is CCCCCCCCc1ccc(-c2ccc(-c3nc(-c4ccncc4)no3)cc2)cc1.